The fourth-order valence-electron chi connectivity index (χ4n) is 2.33. The largest absolute Gasteiger partial charge is 0.507 e. The van der Waals surface area contributed by atoms with Gasteiger partial charge in [-0.05, 0) is 55.7 Å². The summed E-state index contributed by atoms with van der Waals surface area (Å²) in [5, 5.41) is 9.90. The van der Waals surface area contributed by atoms with Crippen LogP contribution in [0.15, 0.2) is 35.2 Å². The SMILES string of the molecule is Cc1cc(C(=O)c2ccccc2S(=O)(=O)O)c(C)c(C)c1O. The summed E-state index contributed by atoms with van der Waals surface area (Å²) in [7, 11) is -4.50. The van der Waals surface area contributed by atoms with Crippen LogP contribution < -0.4 is 0 Å². The first-order valence-electron chi connectivity index (χ1n) is 6.55. The first kappa shape index (κ1) is 16.2. The third kappa shape index (κ3) is 2.75. The van der Waals surface area contributed by atoms with Crippen LogP contribution in [0.5, 0.6) is 5.75 Å². The average molecular weight is 320 g/mol. The van der Waals surface area contributed by atoms with Crippen LogP contribution in [0.25, 0.3) is 0 Å². The maximum atomic E-state index is 12.7. The quantitative estimate of drug-likeness (QED) is 0.670. The van der Waals surface area contributed by atoms with Gasteiger partial charge >= 0.3 is 0 Å². The average Bonchev–Trinajstić information content (AvgIpc) is 2.47. The van der Waals surface area contributed by atoms with Crippen LogP contribution in [-0.4, -0.2) is 23.9 Å². The highest BCUT2D eigenvalue weighted by Gasteiger charge is 2.23. The van der Waals surface area contributed by atoms with Crippen LogP contribution in [0.3, 0.4) is 0 Å². The first-order valence-corrected chi connectivity index (χ1v) is 7.99. The Labute approximate surface area is 129 Å². The molecule has 6 heteroatoms. The van der Waals surface area contributed by atoms with Gasteiger partial charge in [0.05, 0.1) is 0 Å². The molecule has 0 aliphatic heterocycles. The second-order valence-electron chi connectivity index (χ2n) is 5.14. The fraction of sp³-hybridized carbons (Fsp3) is 0.188. The number of carbonyl (C=O) groups is 1. The van der Waals surface area contributed by atoms with Crippen molar-refractivity contribution in [3.63, 3.8) is 0 Å². The molecule has 0 aliphatic rings. The Kier molecular flexibility index (Phi) is 4.08. The van der Waals surface area contributed by atoms with Crippen LogP contribution in [0.4, 0.5) is 0 Å². The molecular formula is C16H16O5S. The van der Waals surface area contributed by atoms with Crippen LogP contribution >= 0.6 is 0 Å². The number of ketones is 1. The predicted octanol–water partition coefficient (Wildman–Crippen LogP) is 2.80. The van der Waals surface area contributed by atoms with E-state index >= 15 is 0 Å². The van der Waals surface area contributed by atoms with Crippen molar-refractivity contribution in [2.45, 2.75) is 25.7 Å². The van der Waals surface area contributed by atoms with Gasteiger partial charge in [-0.2, -0.15) is 8.42 Å². The van der Waals surface area contributed by atoms with Gasteiger partial charge in [0.1, 0.15) is 10.6 Å². The number of hydrogen-bond donors (Lipinski definition) is 2. The van der Waals surface area contributed by atoms with Gasteiger partial charge in [-0.25, -0.2) is 0 Å². The van der Waals surface area contributed by atoms with Crippen molar-refractivity contribution in [1.82, 2.24) is 0 Å². The summed E-state index contributed by atoms with van der Waals surface area (Å²) >= 11 is 0. The summed E-state index contributed by atoms with van der Waals surface area (Å²) in [5.74, 6) is -0.408. The van der Waals surface area contributed by atoms with Gasteiger partial charge in [-0.15, -0.1) is 0 Å². The van der Waals surface area contributed by atoms with E-state index in [1.807, 2.05) is 0 Å². The molecule has 5 nitrogen and oxygen atoms in total. The van der Waals surface area contributed by atoms with E-state index in [4.69, 9.17) is 0 Å². The van der Waals surface area contributed by atoms with Gasteiger partial charge in [0.15, 0.2) is 5.78 Å². The first-order chi connectivity index (χ1) is 10.1. The number of carbonyl (C=O) groups excluding carboxylic acids is 1. The molecule has 2 aromatic rings. The molecule has 2 rings (SSSR count). The highest BCUT2D eigenvalue weighted by Crippen LogP contribution is 2.29. The molecule has 0 aromatic heterocycles. The van der Waals surface area contributed by atoms with E-state index in [0.29, 0.717) is 22.3 Å². The van der Waals surface area contributed by atoms with E-state index in [9.17, 15) is 22.9 Å². The minimum absolute atomic E-state index is 0.0995. The third-order valence-electron chi connectivity index (χ3n) is 3.71. The van der Waals surface area contributed by atoms with E-state index in [-0.39, 0.29) is 11.3 Å². The van der Waals surface area contributed by atoms with Gasteiger partial charge in [0.25, 0.3) is 10.1 Å². The van der Waals surface area contributed by atoms with Crippen LogP contribution in [0, 0.1) is 20.8 Å². The van der Waals surface area contributed by atoms with E-state index in [1.54, 1.807) is 20.8 Å². The molecule has 0 radical (unpaired) electrons. The number of rotatable bonds is 3. The number of benzene rings is 2. The lowest BCUT2D eigenvalue weighted by molar-refractivity contribution is 0.103. The number of aryl methyl sites for hydroxylation is 1. The minimum atomic E-state index is -4.50. The molecule has 22 heavy (non-hydrogen) atoms. The maximum absolute atomic E-state index is 12.7. The Morgan fingerprint density at radius 3 is 2.18 bits per heavy atom. The zero-order chi connectivity index (χ0) is 16.7. The normalized spacial score (nSPS) is 11.5. The molecule has 0 fully saturated rings. The molecule has 0 heterocycles. The highest BCUT2D eigenvalue weighted by molar-refractivity contribution is 7.86. The fourth-order valence-corrected chi connectivity index (χ4v) is 3.02. The highest BCUT2D eigenvalue weighted by atomic mass is 32.2. The van der Waals surface area contributed by atoms with Crippen molar-refractivity contribution in [1.29, 1.82) is 0 Å². The standard InChI is InChI=1S/C16H16O5S/c1-9-8-13(10(2)11(3)15(9)17)16(18)12-6-4-5-7-14(12)22(19,20)21/h4-8,17H,1-3H3,(H,19,20,21). The monoisotopic (exact) mass is 320 g/mol. The summed E-state index contributed by atoms with van der Waals surface area (Å²) < 4.78 is 32.1. The molecular weight excluding hydrogens is 304 g/mol. The van der Waals surface area contributed by atoms with Gasteiger partial charge in [-0.1, -0.05) is 12.1 Å². The number of phenolic OH excluding ortho intramolecular Hbond substituents is 1. The van der Waals surface area contributed by atoms with Crippen molar-refractivity contribution in [2.75, 3.05) is 0 Å². The molecule has 0 unspecified atom stereocenters. The van der Waals surface area contributed by atoms with Crippen molar-refractivity contribution in [2.24, 2.45) is 0 Å². The molecule has 0 amide bonds. The molecule has 0 aliphatic carbocycles. The van der Waals surface area contributed by atoms with Crippen molar-refractivity contribution >= 4 is 15.9 Å². The lowest BCUT2D eigenvalue weighted by Crippen LogP contribution is -2.11. The Morgan fingerprint density at radius 2 is 1.59 bits per heavy atom. The van der Waals surface area contributed by atoms with E-state index in [1.165, 1.54) is 30.3 Å². The van der Waals surface area contributed by atoms with Gasteiger partial charge < -0.3 is 5.11 Å². The van der Waals surface area contributed by atoms with Crippen LogP contribution in [-0.2, 0) is 10.1 Å². The van der Waals surface area contributed by atoms with Gasteiger partial charge in [0.2, 0.25) is 0 Å². The summed E-state index contributed by atoms with van der Waals surface area (Å²) in [6.45, 7) is 5.02. The number of phenols is 1. The van der Waals surface area contributed by atoms with E-state index in [2.05, 4.69) is 0 Å². The zero-order valence-corrected chi connectivity index (χ0v) is 13.2. The van der Waals surface area contributed by atoms with Gasteiger partial charge in [-0.3, -0.25) is 9.35 Å². The van der Waals surface area contributed by atoms with Crippen LogP contribution in [0.2, 0.25) is 0 Å². The molecule has 0 saturated heterocycles. The smallest absolute Gasteiger partial charge is 0.295 e. The van der Waals surface area contributed by atoms with E-state index < -0.39 is 20.8 Å². The molecule has 116 valence electrons. The Hall–Kier alpha value is -2.18. The minimum Gasteiger partial charge on any atom is -0.507 e. The number of hydrogen-bond acceptors (Lipinski definition) is 4. The predicted molar refractivity (Wildman–Crippen MR) is 82.0 cm³/mol. The van der Waals surface area contributed by atoms with Gasteiger partial charge in [0, 0.05) is 11.1 Å². The summed E-state index contributed by atoms with van der Waals surface area (Å²) in [4.78, 5) is 12.3. The van der Waals surface area contributed by atoms with Crippen molar-refractivity contribution < 1.29 is 22.9 Å². The molecule has 0 saturated carbocycles. The summed E-state index contributed by atoms with van der Waals surface area (Å²) in [5.41, 5.74) is 1.85. The molecule has 0 atom stereocenters. The molecule has 0 bridgehead atoms. The molecule has 0 spiro atoms. The lowest BCUT2D eigenvalue weighted by Gasteiger charge is -2.13. The Morgan fingerprint density at radius 1 is 1.00 bits per heavy atom. The lowest BCUT2D eigenvalue weighted by atomic mass is 9.93. The second-order valence-corrected chi connectivity index (χ2v) is 6.53. The van der Waals surface area contributed by atoms with Crippen molar-refractivity contribution in [3.8, 4) is 5.75 Å². The topological polar surface area (TPSA) is 91.7 Å². The molecule has 2 N–H and O–H groups in total. The summed E-state index contributed by atoms with van der Waals surface area (Å²) in [6, 6.07) is 7.00. The maximum Gasteiger partial charge on any atom is 0.295 e. The van der Waals surface area contributed by atoms with Crippen LogP contribution in [0.1, 0.15) is 32.6 Å². The van der Waals surface area contributed by atoms with E-state index in [0.717, 1.165) is 0 Å². The third-order valence-corrected chi connectivity index (χ3v) is 4.62. The Balaban J connectivity index is 2.70. The Bertz CT molecular complexity index is 866. The number of aromatic hydroxyl groups is 1. The zero-order valence-electron chi connectivity index (χ0n) is 12.4. The second kappa shape index (κ2) is 5.55. The summed E-state index contributed by atoms with van der Waals surface area (Å²) in [6.07, 6.45) is 0. The van der Waals surface area contributed by atoms with Crippen molar-refractivity contribution in [3.05, 3.63) is 58.1 Å². The molecule has 2 aromatic carbocycles.